The Morgan fingerprint density at radius 2 is 2.00 bits per heavy atom. The lowest BCUT2D eigenvalue weighted by Crippen LogP contribution is -2.46. The van der Waals surface area contributed by atoms with Gasteiger partial charge in [0.25, 0.3) is 0 Å². The Morgan fingerprint density at radius 1 is 1.30 bits per heavy atom. The van der Waals surface area contributed by atoms with Crippen molar-refractivity contribution in [2.24, 2.45) is 0 Å². The Labute approximate surface area is 167 Å². The first kappa shape index (κ1) is 19.8. The van der Waals surface area contributed by atoms with E-state index in [1.165, 1.54) is 0 Å². The van der Waals surface area contributed by atoms with Gasteiger partial charge >= 0.3 is 6.09 Å². The van der Waals surface area contributed by atoms with Crippen LogP contribution in [0, 0.1) is 0 Å². The van der Waals surface area contributed by atoms with Crippen LogP contribution in [0.5, 0.6) is 0 Å². The molecule has 0 fully saturated rings. The van der Waals surface area contributed by atoms with E-state index in [9.17, 15) is 9.59 Å². The summed E-state index contributed by atoms with van der Waals surface area (Å²) in [5.41, 5.74) is 0.921. The second-order valence-corrected chi connectivity index (χ2v) is 8.27. The lowest BCUT2D eigenvalue weighted by atomic mass is 10.1. The summed E-state index contributed by atoms with van der Waals surface area (Å²) in [4.78, 5) is 26.1. The molecular formula is C18H22Cl2N4O3. The van der Waals surface area contributed by atoms with Gasteiger partial charge in [0.1, 0.15) is 17.7 Å². The molecule has 1 aliphatic heterocycles. The van der Waals surface area contributed by atoms with Crippen molar-refractivity contribution in [2.75, 3.05) is 13.1 Å². The summed E-state index contributed by atoms with van der Waals surface area (Å²) in [6, 6.07) is 3.38. The Hall–Kier alpha value is -1.99. The van der Waals surface area contributed by atoms with Crippen LogP contribution < -0.4 is 5.32 Å². The zero-order valence-corrected chi connectivity index (χ0v) is 17.2. The molecule has 0 spiro atoms. The lowest BCUT2D eigenvalue weighted by molar-refractivity contribution is -0.133. The molecule has 2 heterocycles. The van der Waals surface area contributed by atoms with Gasteiger partial charge in [-0.25, -0.2) is 4.79 Å². The van der Waals surface area contributed by atoms with Gasteiger partial charge in [-0.1, -0.05) is 23.2 Å². The largest absolute Gasteiger partial charge is 0.444 e. The number of halogens is 2. The molecule has 1 atom stereocenters. The number of hydrogen-bond acceptors (Lipinski definition) is 4. The van der Waals surface area contributed by atoms with Crippen molar-refractivity contribution < 1.29 is 14.3 Å². The maximum atomic E-state index is 12.6. The number of benzene rings is 1. The average Bonchev–Trinajstić information content (AvgIpc) is 2.95. The van der Waals surface area contributed by atoms with Gasteiger partial charge in [0.2, 0.25) is 5.91 Å². The van der Waals surface area contributed by atoms with Crippen molar-refractivity contribution in [2.45, 2.75) is 45.9 Å². The molecule has 0 radical (unpaired) electrons. The third-order valence-electron chi connectivity index (χ3n) is 4.36. The Kier molecular flexibility index (Phi) is 5.27. The molecule has 1 N–H and O–H groups in total. The fourth-order valence-electron chi connectivity index (χ4n) is 3.22. The number of carbonyl (C=O) groups is 2. The number of alkyl carbamates (subject to hydrolysis) is 1. The summed E-state index contributed by atoms with van der Waals surface area (Å²) in [5, 5.41) is 8.79. The van der Waals surface area contributed by atoms with E-state index >= 15 is 0 Å². The fourth-order valence-corrected chi connectivity index (χ4v) is 3.57. The summed E-state index contributed by atoms with van der Waals surface area (Å²) in [6.45, 7) is 8.14. The molecular weight excluding hydrogens is 391 g/mol. The predicted octanol–water partition coefficient (Wildman–Crippen LogP) is 3.77. The van der Waals surface area contributed by atoms with E-state index in [4.69, 9.17) is 27.9 Å². The van der Waals surface area contributed by atoms with Crippen LogP contribution in [-0.2, 0) is 16.1 Å². The number of carbonyl (C=O) groups excluding carboxylic acids is 2. The highest BCUT2D eigenvalue weighted by Gasteiger charge is 2.31. The summed E-state index contributed by atoms with van der Waals surface area (Å²) in [7, 11) is 0. The quantitative estimate of drug-likeness (QED) is 0.813. The summed E-state index contributed by atoms with van der Waals surface area (Å²) in [6.07, 6.45) is -0.613. The summed E-state index contributed by atoms with van der Waals surface area (Å²) in [5.74, 6) is -0.186. The van der Waals surface area contributed by atoms with Crippen LogP contribution in [0.1, 0.15) is 39.4 Å². The number of aromatic nitrogens is 2. The molecule has 2 aromatic rings. The molecule has 2 amide bonds. The first-order chi connectivity index (χ1) is 12.6. The smallest absolute Gasteiger partial charge is 0.408 e. The number of nitrogens with zero attached hydrogens (tertiary/aromatic N) is 3. The molecule has 27 heavy (non-hydrogen) atoms. The third-order valence-corrected chi connectivity index (χ3v) is 5.16. The van der Waals surface area contributed by atoms with Crippen LogP contribution in [0.25, 0.3) is 10.9 Å². The van der Waals surface area contributed by atoms with Crippen LogP contribution in [0.2, 0.25) is 10.0 Å². The number of rotatable bonds is 2. The Bertz CT molecular complexity index is 904. The third kappa shape index (κ3) is 3.99. The number of amides is 2. The molecule has 146 valence electrons. The monoisotopic (exact) mass is 412 g/mol. The molecule has 0 saturated heterocycles. The molecule has 1 aliphatic rings. The van der Waals surface area contributed by atoms with Crippen LogP contribution >= 0.6 is 23.2 Å². The highest BCUT2D eigenvalue weighted by Crippen LogP contribution is 2.36. The highest BCUT2D eigenvalue weighted by atomic mass is 35.5. The number of ether oxygens (including phenoxy) is 1. The molecule has 0 saturated carbocycles. The van der Waals surface area contributed by atoms with Crippen LogP contribution in [0.15, 0.2) is 12.1 Å². The van der Waals surface area contributed by atoms with E-state index in [0.29, 0.717) is 28.7 Å². The molecule has 1 unspecified atom stereocenters. The SMILES string of the molecule is CC1c2c3ccc(Cl)c(Cl)c3nn2CCN1C(=O)CNC(=O)OC(C)(C)C. The topological polar surface area (TPSA) is 76.5 Å². The van der Waals surface area contributed by atoms with E-state index in [-0.39, 0.29) is 18.5 Å². The molecule has 7 nitrogen and oxygen atoms in total. The van der Waals surface area contributed by atoms with Crippen molar-refractivity contribution in [1.82, 2.24) is 20.0 Å². The molecule has 0 bridgehead atoms. The maximum absolute atomic E-state index is 12.6. The van der Waals surface area contributed by atoms with E-state index in [1.807, 2.05) is 17.7 Å². The molecule has 0 aliphatic carbocycles. The first-order valence-electron chi connectivity index (χ1n) is 8.69. The van der Waals surface area contributed by atoms with Gasteiger partial charge in [0.15, 0.2) is 0 Å². The van der Waals surface area contributed by atoms with Crippen molar-refractivity contribution in [3.8, 4) is 0 Å². The molecule has 1 aromatic heterocycles. The average molecular weight is 413 g/mol. The van der Waals surface area contributed by atoms with Gasteiger partial charge in [0.05, 0.1) is 28.3 Å². The van der Waals surface area contributed by atoms with E-state index in [2.05, 4.69) is 10.4 Å². The van der Waals surface area contributed by atoms with Crippen molar-refractivity contribution in [3.63, 3.8) is 0 Å². The normalized spacial score (nSPS) is 17.0. The zero-order chi connectivity index (χ0) is 19.9. The minimum Gasteiger partial charge on any atom is -0.444 e. The number of nitrogens with one attached hydrogen (secondary N) is 1. The minimum atomic E-state index is -0.614. The van der Waals surface area contributed by atoms with Crippen LogP contribution in [-0.4, -0.2) is 45.4 Å². The van der Waals surface area contributed by atoms with Crippen molar-refractivity contribution in [1.29, 1.82) is 0 Å². The Morgan fingerprint density at radius 3 is 2.67 bits per heavy atom. The summed E-state index contributed by atoms with van der Waals surface area (Å²) < 4.78 is 7.03. The standard InChI is InChI=1S/C18H22Cl2N4O3/c1-10-16-11-5-6-12(19)14(20)15(11)22-24(16)8-7-23(10)13(25)9-21-17(26)27-18(2,3)4/h5-6,10H,7-9H2,1-4H3,(H,21,26). The van der Waals surface area contributed by atoms with E-state index < -0.39 is 11.7 Å². The van der Waals surface area contributed by atoms with Crippen LogP contribution in [0.3, 0.4) is 0 Å². The highest BCUT2D eigenvalue weighted by molar-refractivity contribution is 6.45. The second-order valence-electron chi connectivity index (χ2n) is 7.48. The summed E-state index contributed by atoms with van der Waals surface area (Å²) >= 11 is 12.4. The Balaban J connectivity index is 1.76. The fraction of sp³-hybridized carbons (Fsp3) is 0.500. The van der Waals surface area contributed by atoms with E-state index in [1.54, 1.807) is 31.7 Å². The first-order valence-corrected chi connectivity index (χ1v) is 9.45. The van der Waals surface area contributed by atoms with Crippen LogP contribution in [0.4, 0.5) is 4.79 Å². The lowest BCUT2D eigenvalue weighted by Gasteiger charge is -2.34. The minimum absolute atomic E-state index is 0.127. The predicted molar refractivity (Wildman–Crippen MR) is 104 cm³/mol. The van der Waals surface area contributed by atoms with Gasteiger partial charge < -0.3 is 15.0 Å². The van der Waals surface area contributed by atoms with Gasteiger partial charge in [-0.2, -0.15) is 5.10 Å². The van der Waals surface area contributed by atoms with E-state index in [0.717, 1.165) is 11.1 Å². The maximum Gasteiger partial charge on any atom is 0.408 e. The van der Waals surface area contributed by atoms with Crippen molar-refractivity contribution >= 4 is 46.1 Å². The molecule has 9 heteroatoms. The van der Waals surface area contributed by atoms with Gasteiger partial charge in [-0.15, -0.1) is 0 Å². The zero-order valence-electron chi connectivity index (χ0n) is 15.7. The van der Waals surface area contributed by atoms with Gasteiger partial charge in [-0.05, 0) is 39.8 Å². The van der Waals surface area contributed by atoms with Gasteiger partial charge in [0, 0.05) is 11.9 Å². The van der Waals surface area contributed by atoms with Gasteiger partial charge in [-0.3, -0.25) is 9.48 Å². The number of hydrogen-bond donors (Lipinski definition) is 1. The molecule has 3 rings (SSSR count). The number of fused-ring (bicyclic) bond motifs is 3. The van der Waals surface area contributed by atoms with Crippen molar-refractivity contribution in [3.05, 3.63) is 27.9 Å². The molecule has 1 aromatic carbocycles. The second kappa shape index (κ2) is 7.20.